The van der Waals surface area contributed by atoms with Crippen molar-refractivity contribution in [3.8, 4) is 0 Å². The lowest BCUT2D eigenvalue weighted by atomic mass is 9.80. The monoisotopic (exact) mass is 196 g/mol. The van der Waals surface area contributed by atoms with Gasteiger partial charge in [0.15, 0.2) is 0 Å². The Hall–Kier alpha value is -0.570. The number of hydrogen-bond donors (Lipinski definition) is 1. The van der Waals surface area contributed by atoms with E-state index in [-0.39, 0.29) is 12.0 Å². The van der Waals surface area contributed by atoms with Gasteiger partial charge in [-0.15, -0.1) is 0 Å². The number of rotatable bonds is 1. The molecule has 2 rings (SSSR count). The smallest absolute Gasteiger partial charge is 0.225 e. The van der Waals surface area contributed by atoms with Crippen LogP contribution < -0.4 is 5.73 Å². The number of nitrogens with two attached hydrogens (primary N) is 1. The zero-order valence-corrected chi connectivity index (χ0v) is 9.12. The molecule has 1 heterocycles. The van der Waals surface area contributed by atoms with Crippen molar-refractivity contribution in [1.29, 1.82) is 0 Å². The predicted molar refractivity (Wildman–Crippen MR) is 55.7 cm³/mol. The van der Waals surface area contributed by atoms with Gasteiger partial charge in [0.25, 0.3) is 0 Å². The van der Waals surface area contributed by atoms with Crippen LogP contribution in [0.1, 0.15) is 33.1 Å². The first-order chi connectivity index (χ1) is 6.48. The Balaban J connectivity index is 1.88. The van der Waals surface area contributed by atoms with Crippen molar-refractivity contribution in [2.45, 2.75) is 39.2 Å². The molecule has 14 heavy (non-hydrogen) atoms. The molecule has 1 aliphatic carbocycles. The summed E-state index contributed by atoms with van der Waals surface area (Å²) in [7, 11) is 0. The minimum atomic E-state index is 0.235. The molecule has 1 amide bonds. The Kier molecular flexibility index (Phi) is 2.30. The Morgan fingerprint density at radius 3 is 2.50 bits per heavy atom. The lowest BCUT2D eigenvalue weighted by molar-refractivity contribution is -0.137. The van der Waals surface area contributed by atoms with Gasteiger partial charge < -0.3 is 10.6 Å². The van der Waals surface area contributed by atoms with Crippen molar-refractivity contribution in [1.82, 2.24) is 4.90 Å². The van der Waals surface area contributed by atoms with Crippen LogP contribution >= 0.6 is 0 Å². The quantitative estimate of drug-likeness (QED) is 0.679. The number of carbonyl (C=O) groups is 1. The number of likely N-dealkylation sites (tertiary alicyclic amines) is 1. The van der Waals surface area contributed by atoms with Crippen molar-refractivity contribution >= 4 is 5.91 Å². The van der Waals surface area contributed by atoms with Crippen LogP contribution in [0.4, 0.5) is 0 Å². The normalized spacial score (nSPS) is 35.5. The van der Waals surface area contributed by atoms with Gasteiger partial charge in [0.05, 0.1) is 0 Å². The lowest BCUT2D eigenvalue weighted by Crippen LogP contribution is -2.46. The van der Waals surface area contributed by atoms with Gasteiger partial charge in [0, 0.05) is 25.0 Å². The van der Waals surface area contributed by atoms with E-state index in [2.05, 4.69) is 13.8 Å². The Labute approximate surface area is 85.6 Å². The van der Waals surface area contributed by atoms with Gasteiger partial charge in [-0.3, -0.25) is 4.79 Å². The van der Waals surface area contributed by atoms with Crippen molar-refractivity contribution in [2.24, 2.45) is 17.1 Å². The van der Waals surface area contributed by atoms with Gasteiger partial charge in [-0.1, -0.05) is 13.8 Å². The Morgan fingerprint density at radius 1 is 1.43 bits per heavy atom. The summed E-state index contributed by atoms with van der Waals surface area (Å²) in [5.74, 6) is 0.580. The van der Waals surface area contributed by atoms with Crippen molar-refractivity contribution < 1.29 is 4.79 Å². The average molecular weight is 196 g/mol. The molecule has 80 valence electrons. The molecule has 1 saturated carbocycles. The highest BCUT2D eigenvalue weighted by Gasteiger charge is 2.39. The molecule has 2 N–H and O–H groups in total. The summed E-state index contributed by atoms with van der Waals surface area (Å²) < 4.78 is 0. The SMILES string of the molecule is CC1(C)CCN(C(=O)C2CC(N)C2)C1. The summed E-state index contributed by atoms with van der Waals surface area (Å²) in [5.41, 5.74) is 6.01. The summed E-state index contributed by atoms with van der Waals surface area (Å²) in [6, 6.07) is 0.277. The molecule has 0 aromatic carbocycles. The third kappa shape index (κ3) is 1.78. The van der Waals surface area contributed by atoms with Crippen molar-refractivity contribution in [3.05, 3.63) is 0 Å². The average Bonchev–Trinajstić information content (AvgIpc) is 2.39. The van der Waals surface area contributed by atoms with Crippen LogP contribution in [0.25, 0.3) is 0 Å². The van der Waals surface area contributed by atoms with Gasteiger partial charge in [0.1, 0.15) is 0 Å². The molecular formula is C11H20N2O. The highest BCUT2D eigenvalue weighted by molar-refractivity contribution is 5.80. The largest absolute Gasteiger partial charge is 0.342 e. The van der Waals surface area contributed by atoms with E-state index < -0.39 is 0 Å². The fourth-order valence-corrected chi connectivity index (χ4v) is 2.42. The van der Waals surface area contributed by atoms with Gasteiger partial charge in [0.2, 0.25) is 5.91 Å². The van der Waals surface area contributed by atoms with Gasteiger partial charge >= 0.3 is 0 Å². The van der Waals surface area contributed by atoms with Crippen LogP contribution in [0.15, 0.2) is 0 Å². The summed E-state index contributed by atoms with van der Waals surface area (Å²) in [4.78, 5) is 14.0. The highest BCUT2D eigenvalue weighted by atomic mass is 16.2. The fraction of sp³-hybridized carbons (Fsp3) is 0.909. The first-order valence-corrected chi connectivity index (χ1v) is 5.52. The molecule has 0 spiro atoms. The first kappa shape index (κ1) is 9.97. The molecular weight excluding hydrogens is 176 g/mol. The maximum atomic E-state index is 11.9. The van der Waals surface area contributed by atoms with E-state index >= 15 is 0 Å². The topological polar surface area (TPSA) is 46.3 Å². The van der Waals surface area contributed by atoms with Crippen molar-refractivity contribution in [3.63, 3.8) is 0 Å². The van der Waals surface area contributed by atoms with Crippen LogP contribution in [0, 0.1) is 11.3 Å². The van der Waals surface area contributed by atoms with Gasteiger partial charge in [-0.25, -0.2) is 0 Å². The molecule has 0 unspecified atom stereocenters. The molecule has 2 fully saturated rings. The molecule has 0 bridgehead atoms. The van der Waals surface area contributed by atoms with Gasteiger partial charge in [-0.2, -0.15) is 0 Å². The standard InChI is InChI=1S/C11H20N2O/c1-11(2)3-4-13(7-11)10(14)8-5-9(12)6-8/h8-9H,3-7,12H2,1-2H3. The van der Waals surface area contributed by atoms with Gasteiger partial charge in [-0.05, 0) is 24.7 Å². The molecule has 3 nitrogen and oxygen atoms in total. The van der Waals surface area contributed by atoms with E-state index in [1.54, 1.807) is 0 Å². The maximum Gasteiger partial charge on any atom is 0.225 e. The molecule has 0 aromatic heterocycles. The van der Waals surface area contributed by atoms with Crippen LogP contribution in [0.3, 0.4) is 0 Å². The first-order valence-electron chi connectivity index (χ1n) is 5.52. The highest BCUT2D eigenvalue weighted by Crippen LogP contribution is 2.33. The Morgan fingerprint density at radius 2 is 2.07 bits per heavy atom. The molecule has 0 radical (unpaired) electrons. The predicted octanol–water partition coefficient (Wildman–Crippen LogP) is 0.982. The van der Waals surface area contributed by atoms with E-state index in [1.807, 2.05) is 4.90 Å². The Bertz CT molecular complexity index is 244. The second-order valence-electron chi connectivity index (χ2n) is 5.60. The third-order valence-corrected chi connectivity index (χ3v) is 3.51. The van der Waals surface area contributed by atoms with E-state index in [0.717, 1.165) is 32.4 Å². The third-order valence-electron chi connectivity index (χ3n) is 3.51. The van der Waals surface area contributed by atoms with E-state index in [9.17, 15) is 4.79 Å². The number of carbonyl (C=O) groups excluding carboxylic acids is 1. The molecule has 0 atom stereocenters. The zero-order valence-electron chi connectivity index (χ0n) is 9.12. The van der Waals surface area contributed by atoms with Crippen LogP contribution in [0.2, 0.25) is 0 Å². The number of amides is 1. The molecule has 3 heteroatoms. The van der Waals surface area contributed by atoms with Crippen molar-refractivity contribution in [2.75, 3.05) is 13.1 Å². The minimum absolute atomic E-state index is 0.235. The fourth-order valence-electron chi connectivity index (χ4n) is 2.42. The summed E-state index contributed by atoms with van der Waals surface area (Å²) in [6.07, 6.45) is 2.93. The minimum Gasteiger partial charge on any atom is -0.342 e. The van der Waals surface area contributed by atoms with E-state index in [4.69, 9.17) is 5.73 Å². The summed E-state index contributed by atoms with van der Waals surface area (Å²) in [5, 5.41) is 0. The summed E-state index contributed by atoms with van der Waals surface area (Å²) in [6.45, 7) is 6.33. The number of hydrogen-bond acceptors (Lipinski definition) is 2. The molecule has 2 aliphatic rings. The summed E-state index contributed by atoms with van der Waals surface area (Å²) >= 11 is 0. The van der Waals surface area contributed by atoms with Crippen LogP contribution in [-0.2, 0) is 4.79 Å². The number of nitrogens with zero attached hydrogens (tertiary/aromatic N) is 1. The second-order valence-corrected chi connectivity index (χ2v) is 5.60. The zero-order chi connectivity index (χ0) is 10.3. The van der Waals surface area contributed by atoms with E-state index in [0.29, 0.717) is 11.3 Å². The van der Waals surface area contributed by atoms with Crippen LogP contribution in [0.5, 0.6) is 0 Å². The van der Waals surface area contributed by atoms with E-state index in [1.165, 1.54) is 0 Å². The molecule has 0 aromatic rings. The molecule has 1 saturated heterocycles. The lowest BCUT2D eigenvalue weighted by Gasteiger charge is -2.34. The molecule has 1 aliphatic heterocycles. The van der Waals surface area contributed by atoms with Crippen LogP contribution in [-0.4, -0.2) is 29.9 Å². The second kappa shape index (κ2) is 3.23. The maximum absolute atomic E-state index is 11.9.